The third-order valence-electron chi connectivity index (χ3n) is 4.80. The van der Waals surface area contributed by atoms with E-state index in [9.17, 15) is 20.2 Å². The first-order valence-corrected chi connectivity index (χ1v) is 9.44. The molecule has 0 aliphatic heterocycles. The van der Waals surface area contributed by atoms with E-state index in [1.807, 2.05) is 6.07 Å². The molecule has 1 saturated carbocycles. The predicted molar refractivity (Wildman–Crippen MR) is 108 cm³/mol. The van der Waals surface area contributed by atoms with Crippen LogP contribution in [0.2, 0.25) is 0 Å². The number of carbonyl (C=O) groups is 1. The standard InChI is InChI=1S/C22H21N3O4/c23-14-18(22(26)24-19-3-1-2-4-19)13-16-7-11-21(12-8-16)29-15-17-5-9-20(10-6-17)25(27)28/h5-13,19H,1-4,15H2,(H,24,26)/b18-13-. The Morgan fingerprint density at radius 3 is 2.41 bits per heavy atom. The van der Waals surface area contributed by atoms with Crippen LogP contribution >= 0.6 is 0 Å². The van der Waals surface area contributed by atoms with Crippen molar-refractivity contribution >= 4 is 17.7 Å². The Morgan fingerprint density at radius 2 is 1.83 bits per heavy atom. The van der Waals surface area contributed by atoms with Crippen molar-refractivity contribution in [3.8, 4) is 11.8 Å². The van der Waals surface area contributed by atoms with Crippen molar-refractivity contribution in [2.75, 3.05) is 0 Å². The van der Waals surface area contributed by atoms with E-state index >= 15 is 0 Å². The third-order valence-corrected chi connectivity index (χ3v) is 4.80. The Labute approximate surface area is 168 Å². The molecule has 2 aromatic carbocycles. The van der Waals surface area contributed by atoms with Gasteiger partial charge in [0.05, 0.1) is 4.92 Å². The first kappa shape index (κ1) is 20.1. The van der Waals surface area contributed by atoms with Crippen molar-refractivity contribution in [1.82, 2.24) is 5.32 Å². The monoisotopic (exact) mass is 391 g/mol. The van der Waals surface area contributed by atoms with E-state index in [0.29, 0.717) is 5.75 Å². The molecular weight excluding hydrogens is 370 g/mol. The number of ether oxygens (including phenoxy) is 1. The zero-order valence-corrected chi connectivity index (χ0v) is 15.8. The van der Waals surface area contributed by atoms with E-state index < -0.39 is 4.92 Å². The number of non-ortho nitro benzene ring substituents is 1. The van der Waals surface area contributed by atoms with Gasteiger partial charge in [0.25, 0.3) is 11.6 Å². The summed E-state index contributed by atoms with van der Waals surface area (Å²) < 4.78 is 5.68. The summed E-state index contributed by atoms with van der Waals surface area (Å²) in [7, 11) is 0. The summed E-state index contributed by atoms with van der Waals surface area (Å²) in [5.74, 6) is 0.285. The molecule has 7 heteroatoms. The van der Waals surface area contributed by atoms with Gasteiger partial charge in [-0.15, -0.1) is 0 Å². The summed E-state index contributed by atoms with van der Waals surface area (Å²) in [4.78, 5) is 22.5. The van der Waals surface area contributed by atoms with Crippen molar-refractivity contribution in [1.29, 1.82) is 5.26 Å². The second-order valence-electron chi connectivity index (χ2n) is 6.91. The zero-order chi connectivity index (χ0) is 20.6. The molecule has 1 amide bonds. The molecule has 2 aromatic rings. The van der Waals surface area contributed by atoms with Gasteiger partial charge >= 0.3 is 0 Å². The van der Waals surface area contributed by atoms with Crippen LogP contribution in [-0.2, 0) is 11.4 Å². The van der Waals surface area contributed by atoms with E-state index in [-0.39, 0.29) is 29.8 Å². The number of nitrogens with zero attached hydrogens (tertiary/aromatic N) is 2. The Balaban J connectivity index is 1.58. The quantitative estimate of drug-likeness (QED) is 0.330. The summed E-state index contributed by atoms with van der Waals surface area (Å²) in [6.45, 7) is 0.278. The summed E-state index contributed by atoms with van der Waals surface area (Å²) in [5.41, 5.74) is 1.66. The summed E-state index contributed by atoms with van der Waals surface area (Å²) in [6.07, 6.45) is 5.71. The van der Waals surface area contributed by atoms with Crippen LogP contribution in [0.1, 0.15) is 36.8 Å². The van der Waals surface area contributed by atoms with Crippen LogP contribution in [0.25, 0.3) is 6.08 Å². The molecule has 0 aromatic heterocycles. The van der Waals surface area contributed by atoms with Gasteiger partial charge in [0.1, 0.15) is 24.0 Å². The van der Waals surface area contributed by atoms with Gasteiger partial charge in [0, 0.05) is 18.2 Å². The molecule has 3 rings (SSSR count). The second-order valence-corrected chi connectivity index (χ2v) is 6.91. The van der Waals surface area contributed by atoms with E-state index in [4.69, 9.17) is 4.74 Å². The molecule has 148 valence electrons. The number of carbonyl (C=O) groups excluding carboxylic acids is 1. The van der Waals surface area contributed by atoms with Gasteiger partial charge in [-0.3, -0.25) is 14.9 Å². The second kappa shape index (κ2) is 9.51. The molecule has 0 radical (unpaired) electrons. The Bertz CT molecular complexity index is 938. The minimum absolute atomic E-state index is 0.0372. The number of amides is 1. The fourth-order valence-corrected chi connectivity index (χ4v) is 3.19. The van der Waals surface area contributed by atoms with Gasteiger partial charge in [0.2, 0.25) is 0 Å². The molecule has 1 fully saturated rings. The van der Waals surface area contributed by atoms with Crippen LogP contribution in [0.4, 0.5) is 5.69 Å². The van der Waals surface area contributed by atoms with E-state index in [2.05, 4.69) is 5.32 Å². The lowest BCUT2D eigenvalue weighted by atomic mass is 10.1. The molecule has 29 heavy (non-hydrogen) atoms. The highest BCUT2D eigenvalue weighted by atomic mass is 16.6. The highest BCUT2D eigenvalue weighted by molar-refractivity contribution is 6.01. The molecule has 7 nitrogen and oxygen atoms in total. The summed E-state index contributed by atoms with van der Waals surface area (Å²) >= 11 is 0. The third kappa shape index (κ3) is 5.66. The lowest BCUT2D eigenvalue weighted by Crippen LogP contribution is -2.33. The normalized spacial score (nSPS) is 14.2. The SMILES string of the molecule is N#C/C(=C/c1ccc(OCc2ccc([N+](=O)[O-])cc2)cc1)C(=O)NC1CCCC1. The zero-order valence-electron chi connectivity index (χ0n) is 15.8. The van der Waals surface area contributed by atoms with Crippen molar-refractivity contribution in [3.63, 3.8) is 0 Å². The molecule has 0 bridgehead atoms. The van der Waals surface area contributed by atoms with Gasteiger partial charge in [-0.2, -0.15) is 5.26 Å². The molecule has 0 heterocycles. The Kier molecular flexibility index (Phi) is 6.59. The minimum Gasteiger partial charge on any atom is -0.489 e. The lowest BCUT2D eigenvalue weighted by Gasteiger charge is -2.11. The van der Waals surface area contributed by atoms with Crippen molar-refractivity contribution in [2.24, 2.45) is 0 Å². The number of benzene rings is 2. The largest absolute Gasteiger partial charge is 0.489 e. The molecule has 1 aliphatic carbocycles. The van der Waals surface area contributed by atoms with E-state index in [0.717, 1.165) is 36.8 Å². The number of nitrogens with one attached hydrogen (secondary N) is 1. The number of nitro benzene ring substituents is 1. The van der Waals surface area contributed by atoms with Gasteiger partial charge in [-0.25, -0.2) is 0 Å². The van der Waals surface area contributed by atoms with Crippen molar-refractivity contribution in [3.05, 3.63) is 75.3 Å². The van der Waals surface area contributed by atoms with Crippen molar-refractivity contribution < 1.29 is 14.5 Å². The molecule has 1 aliphatic rings. The number of hydrogen-bond acceptors (Lipinski definition) is 5. The minimum atomic E-state index is -0.444. The average Bonchev–Trinajstić information content (AvgIpc) is 3.24. The maximum Gasteiger partial charge on any atom is 0.269 e. The highest BCUT2D eigenvalue weighted by Gasteiger charge is 2.19. The number of nitro groups is 1. The maximum atomic E-state index is 12.3. The average molecular weight is 391 g/mol. The predicted octanol–water partition coefficient (Wildman–Crippen LogP) is 4.14. The van der Waals surface area contributed by atoms with Crippen LogP contribution < -0.4 is 10.1 Å². The fraction of sp³-hybridized carbons (Fsp3) is 0.273. The number of nitriles is 1. The molecular formula is C22H21N3O4. The summed E-state index contributed by atoms with van der Waals surface area (Å²) in [6, 6.07) is 15.3. The number of rotatable bonds is 7. The van der Waals surface area contributed by atoms with Crippen LogP contribution in [0, 0.1) is 21.4 Å². The Morgan fingerprint density at radius 1 is 1.17 bits per heavy atom. The molecule has 0 saturated heterocycles. The topological polar surface area (TPSA) is 105 Å². The maximum absolute atomic E-state index is 12.3. The number of hydrogen-bond donors (Lipinski definition) is 1. The van der Waals surface area contributed by atoms with Crippen LogP contribution in [0.5, 0.6) is 5.75 Å². The summed E-state index contributed by atoms with van der Waals surface area (Å²) in [5, 5.41) is 22.9. The first-order chi connectivity index (χ1) is 14.0. The molecule has 0 atom stereocenters. The fourth-order valence-electron chi connectivity index (χ4n) is 3.19. The molecule has 0 spiro atoms. The van der Waals surface area contributed by atoms with Gasteiger partial charge in [-0.05, 0) is 54.3 Å². The van der Waals surface area contributed by atoms with Crippen molar-refractivity contribution in [2.45, 2.75) is 38.3 Å². The smallest absolute Gasteiger partial charge is 0.269 e. The lowest BCUT2D eigenvalue weighted by molar-refractivity contribution is -0.384. The van der Waals surface area contributed by atoms with Gasteiger partial charge in [-0.1, -0.05) is 25.0 Å². The Hall–Kier alpha value is -3.66. The van der Waals surface area contributed by atoms with Crippen LogP contribution in [0.3, 0.4) is 0 Å². The van der Waals surface area contributed by atoms with Gasteiger partial charge < -0.3 is 10.1 Å². The van der Waals surface area contributed by atoms with E-state index in [1.54, 1.807) is 42.5 Å². The van der Waals surface area contributed by atoms with Gasteiger partial charge in [0.15, 0.2) is 0 Å². The molecule has 0 unspecified atom stereocenters. The first-order valence-electron chi connectivity index (χ1n) is 9.44. The van der Waals surface area contributed by atoms with Crippen LogP contribution in [-0.4, -0.2) is 16.9 Å². The molecule has 1 N–H and O–H groups in total. The van der Waals surface area contributed by atoms with E-state index in [1.165, 1.54) is 12.1 Å². The van der Waals surface area contributed by atoms with Crippen LogP contribution in [0.15, 0.2) is 54.1 Å². The highest BCUT2D eigenvalue weighted by Crippen LogP contribution is 2.20.